The summed E-state index contributed by atoms with van der Waals surface area (Å²) in [6, 6.07) is 5.38. The molecule has 2 atom stereocenters. The summed E-state index contributed by atoms with van der Waals surface area (Å²) in [5.41, 5.74) is 5.88. The maximum absolute atomic E-state index is 9.71. The molecule has 0 radical (unpaired) electrons. The van der Waals surface area contributed by atoms with Gasteiger partial charge < -0.3 is 15.9 Å². The van der Waals surface area contributed by atoms with Crippen LogP contribution in [0.1, 0.15) is 11.7 Å². The first-order chi connectivity index (χ1) is 6.56. The zero-order valence-corrected chi connectivity index (χ0v) is 10.5. The molecule has 1 aromatic carbocycles. The van der Waals surface area contributed by atoms with Crippen molar-refractivity contribution >= 4 is 31.9 Å². The Morgan fingerprint density at radius 2 is 1.93 bits per heavy atom. The van der Waals surface area contributed by atoms with E-state index in [0.717, 1.165) is 8.95 Å². The van der Waals surface area contributed by atoms with Crippen molar-refractivity contribution in [3.8, 4) is 0 Å². The maximum atomic E-state index is 9.71. The van der Waals surface area contributed by atoms with Gasteiger partial charge in [0.25, 0.3) is 0 Å². The van der Waals surface area contributed by atoms with Gasteiger partial charge in [-0.1, -0.05) is 31.9 Å². The largest absolute Gasteiger partial charge is 0.389 e. The molecule has 4 N–H and O–H groups in total. The second-order valence-corrected chi connectivity index (χ2v) is 4.68. The van der Waals surface area contributed by atoms with E-state index in [0.29, 0.717) is 5.56 Å². The van der Waals surface area contributed by atoms with E-state index in [1.54, 1.807) is 12.1 Å². The van der Waals surface area contributed by atoms with E-state index >= 15 is 0 Å². The van der Waals surface area contributed by atoms with Crippen molar-refractivity contribution < 1.29 is 10.2 Å². The van der Waals surface area contributed by atoms with E-state index in [1.165, 1.54) is 0 Å². The minimum atomic E-state index is -0.966. The Balaban J connectivity index is 2.99. The zero-order valence-electron chi connectivity index (χ0n) is 7.32. The third kappa shape index (κ3) is 2.77. The van der Waals surface area contributed by atoms with Crippen LogP contribution in [0.3, 0.4) is 0 Å². The van der Waals surface area contributed by atoms with Crippen LogP contribution in [0, 0.1) is 0 Å². The highest BCUT2D eigenvalue weighted by atomic mass is 79.9. The molecular weight excluding hydrogens is 314 g/mol. The summed E-state index contributed by atoms with van der Waals surface area (Å²) in [6.07, 6.45) is -1.91. The van der Waals surface area contributed by atoms with E-state index in [2.05, 4.69) is 31.9 Å². The molecule has 0 aliphatic carbocycles. The lowest BCUT2D eigenvalue weighted by Gasteiger charge is -2.17. The molecule has 14 heavy (non-hydrogen) atoms. The first-order valence-corrected chi connectivity index (χ1v) is 5.66. The molecule has 3 nitrogen and oxygen atoms in total. The van der Waals surface area contributed by atoms with Gasteiger partial charge in [0.05, 0.1) is 6.10 Å². The summed E-state index contributed by atoms with van der Waals surface area (Å²) in [5.74, 6) is 0. The number of aliphatic hydroxyl groups is 2. The highest BCUT2D eigenvalue weighted by Crippen LogP contribution is 2.28. The number of halogens is 2. The third-order valence-electron chi connectivity index (χ3n) is 1.88. The number of benzene rings is 1. The normalized spacial score (nSPS) is 15.2. The standard InChI is InChI=1S/C9H11Br2NO2/c10-5-1-2-7(11)6(3-5)9(14)8(13)4-12/h1-3,8-9,13-14H,4,12H2. The summed E-state index contributed by atoms with van der Waals surface area (Å²) in [7, 11) is 0. The van der Waals surface area contributed by atoms with Crippen LogP contribution in [-0.2, 0) is 0 Å². The molecule has 0 heterocycles. The quantitative estimate of drug-likeness (QED) is 0.790. The van der Waals surface area contributed by atoms with Gasteiger partial charge in [-0.2, -0.15) is 0 Å². The molecule has 1 aromatic rings. The Bertz CT molecular complexity index is 320. The van der Waals surface area contributed by atoms with Gasteiger partial charge in [-0.15, -0.1) is 0 Å². The Morgan fingerprint density at radius 3 is 2.50 bits per heavy atom. The average Bonchev–Trinajstić information content (AvgIpc) is 2.19. The van der Waals surface area contributed by atoms with Gasteiger partial charge in [0.2, 0.25) is 0 Å². The van der Waals surface area contributed by atoms with Crippen LogP contribution in [-0.4, -0.2) is 22.9 Å². The maximum Gasteiger partial charge on any atom is 0.107 e. The van der Waals surface area contributed by atoms with Gasteiger partial charge in [0, 0.05) is 15.5 Å². The molecule has 78 valence electrons. The zero-order chi connectivity index (χ0) is 10.7. The fourth-order valence-corrected chi connectivity index (χ4v) is 1.94. The predicted octanol–water partition coefficient (Wildman–Crippen LogP) is 1.56. The summed E-state index contributed by atoms with van der Waals surface area (Å²) >= 11 is 6.59. The van der Waals surface area contributed by atoms with Crippen LogP contribution in [0.15, 0.2) is 27.1 Å². The highest BCUT2D eigenvalue weighted by molar-refractivity contribution is 9.11. The minimum Gasteiger partial charge on any atom is -0.389 e. The second-order valence-electron chi connectivity index (χ2n) is 2.91. The van der Waals surface area contributed by atoms with E-state index in [1.807, 2.05) is 6.07 Å². The van der Waals surface area contributed by atoms with Gasteiger partial charge in [0.15, 0.2) is 0 Å². The Morgan fingerprint density at radius 1 is 1.29 bits per heavy atom. The van der Waals surface area contributed by atoms with Gasteiger partial charge in [-0.3, -0.25) is 0 Å². The van der Waals surface area contributed by atoms with Crippen LogP contribution in [0.2, 0.25) is 0 Å². The fraction of sp³-hybridized carbons (Fsp3) is 0.333. The molecule has 0 aliphatic rings. The monoisotopic (exact) mass is 323 g/mol. The van der Waals surface area contributed by atoms with Crippen LogP contribution in [0.25, 0.3) is 0 Å². The lowest BCUT2D eigenvalue weighted by atomic mass is 10.0. The Kier molecular flexibility index (Phi) is 4.53. The SMILES string of the molecule is NCC(O)C(O)c1cc(Br)ccc1Br. The van der Waals surface area contributed by atoms with Crippen molar-refractivity contribution in [2.75, 3.05) is 6.54 Å². The van der Waals surface area contributed by atoms with Crippen molar-refractivity contribution in [2.24, 2.45) is 5.73 Å². The summed E-state index contributed by atoms with van der Waals surface area (Å²) in [6.45, 7) is 0.0279. The van der Waals surface area contributed by atoms with Crippen LogP contribution in [0.4, 0.5) is 0 Å². The number of nitrogens with two attached hydrogens (primary N) is 1. The van der Waals surface area contributed by atoms with Crippen molar-refractivity contribution in [1.29, 1.82) is 0 Å². The number of aliphatic hydroxyl groups excluding tert-OH is 2. The first kappa shape index (κ1) is 12.1. The second kappa shape index (κ2) is 5.23. The molecule has 0 bridgehead atoms. The molecule has 0 aliphatic heterocycles. The van der Waals surface area contributed by atoms with Gasteiger partial charge in [-0.25, -0.2) is 0 Å². The van der Waals surface area contributed by atoms with E-state index < -0.39 is 12.2 Å². The fourth-order valence-electron chi connectivity index (χ4n) is 1.08. The van der Waals surface area contributed by atoms with E-state index in [9.17, 15) is 10.2 Å². The van der Waals surface area contributed by atoms with Gasteiger partial charge in [0.1, 0.15) is 6.10 Å². The van der Waals surface area contributed by atoms with Crippen molar-refractivity contribution in [2.45, 2.75) is 12.2 Å². The Labute approximate surface area is 99.2 Å². The van der Waals surface area contributed by atoms with E-state index in [-0.39, 0.29) is 6.54 Å². The van der Waals surface area contributed by atoms with Gasteiger partial charge >= 0.3 is 0 Å². The predicted molar refractivity (Wildman–Crippen MR) is 61.9 cm³/mol. The van der Waals surface area contributed by atoms with Crippen LogP contribution >= 0.6 is 31.9 Å². The highest BCUT2D eigenvalue weighted by Gasteiger charge is 2.19. The van der Waals surface area contributed by atoms with Gasteiger partial charge in [-0.05, 0) is 23.8 Å². The molecule has 1 rings (SSSR count). The molecule has 5 heteroatoms. The van der Waals surface area contributed by atoms with Crippen molar-refractivity contribution in [3.05, 3.63) is 32.7 Å². The topological polar surface area (TPSA) is 66.5 Å². The summed E-state index contributed by atoms with van der Waals surface area (Å²) < 4.78 is 1.60. The van der Waals surface area contributed by atoms with Crippen molar-refractivity contribution in [3.63, 3.8) is 0 Å². The molecule has 0 fully saturated rings. The molecule has 0 saturated carbocycles. The van der Waals surface area contributed by atoms with Crippen LogP contribution < -0.4 is 5.73 Å². The Hall–Kier alpha value is 0.0600. The lowest BCUT2D eigenvalue weighted by Crippen LogP contribution is -2.27. The van der Waals surface area contributed by atoms with E-state index in [4.69, 9.17) is 5.73 Å². The first-order valence-electron chi connectivity index (χ1n) is 4.07. The smallest absolute Gasteiger partial charge is 0.107 e. The molecule has 0 spiro atoms. The molecule has 0 amide bonds. The molecular formula is C9H11Br2NO2. The summed E-state index contributed by atoms with van der Waals surface area (Å²) in [5, 5.41) is 19.1. The van der Waals surface area contributed by atoms with Crippen molar-refractivity contribution in [1.82, 2.24) is 0 Å². The molecule has 0 saturated heterocycles. The number of hydrogen-bond donors (Lipinski definition) is 3. The lowest BCUT2D eigenvalue weighted by molar-refractivity contribution is 0.0239. The summed E-state index contributed by atoms with van der Waals surface area (Å²) in [4.78, 5) is 0. The molecule has 2 unspecified atom stereocenters. The average molecular weight is 325 g/mol. The van der Waals surface area contributed by atoms with Crippen LogP contribution in [0.5, 0.6) is 0 Å². The minimum absolute atomic E-state index is 0.0279. The number of rotatable bonds is 3. The number of hydrogen-bond acceptors (Lipinski definition) is 3. The molecule has 0 aromatic heterocycles. The third-order valence-corrected chi connectivity index (χ3v) is 3.10.